The summed E-state index contributed by atoms with van der Waals surface area (Å²) < 4.78 is 32.3. The Morgan fingerprint density at radius 3 is 0.957 bits per heavy atom. The van der Waals surface area contributed by atoms with E-state index in [0.717, 1.165) is 51.2 Å². The van der Waals surface area contributed by atoms with Gasteiger partial charge >= 0.3 is 294 Å². The van der Waals surface area contributed by atoms with Crippen LogP contribution in [0.25, 0.3) is 0 Å². The molecule has 0 N–H and O–H groups in total. The van der Waals surface area contributed by atoms with Gasteiger partial charge in [0.2, 0.25) is 0 Å². The van der Waals surface area contributed by atoms with E-state index < -0.39 is 22.7 Å². The zero-order valence-corrected chi connectivity index (χ0v) is 34.3. The molecule has 46 heavy (non-hydrogen) atoms. The van der Waals surface area contributed by atoms with Gasteiger partial charge in [0, 0.05) is 0 Å². The Balaban J connectivity index is 2.81. The molecule has 0 saturated heterocycles. The molecule has 0 aromatic heterocycles. The van der Waals surface area contributed by atoms with E-state index in [9.17, 15) is 8.42 Å². The second-order valence-corrected chi connectivity index (χ2v) is 29.8. The van der Waals surface area contributed by atoms with Gasteiger partial charge in [-0.15, -0.1) is 0 Å². The molecule has 1 aromatic carbocycles. The Hall–Kier alpha value is -0.116. The molecule has 270 valence electrons. The van der Waals surface area contributed by atoms with Crippen LogP contribution in [0.1, 0.15) is 196 Å². The van der Waals surface area contributed by atoms with Crippen LogP contribution in [0, 0.1) is 17.8 Å². The minimum atomic E-state index is -3.26. The Kier molecular flexibility index (Phi) is 26.4. The van der Waals surface area contributed by atoms with Crippen LogP contribution < -0.4 is 0 Å². The molecule has 0 radical (unpaired) electrons. The molecule has 0 amide bonds. The molecule has 0 aliphatic rings. The van der Waals surface area contributed by atoms with Crippen LogP contribution in [-0.4, -0.2) is 8.42 Å². The summed E-state index contributed by atoms with van der Waals surface area (Å²) in [5.74, 6) is 2.45. The van der Waals surface area contributed by atoms with Crippen molar-refractivity contribution in [2.75, 3.05) is 0 Å². The molecule has 0 atom stereocenters. The van der Waals surface area contributed by atoms with E-state index in [0.29, 0.717) is 4.90 Å². The quantitative estimate of drug-likeness (QED) is 0.0555. The summed E-state index contributed by atoms with van der Waals surface area (Å²) in [6.45, 7) is 13.9. The average Bonchev–Trinajstić information content (AvgIpc) is 3.01. The first kappa shape index (κ1) is 43.9. The molecular formula is C42H80O2STi. The van der Waals surface area contributed by atoms with Crippen molar-refractivity contribution in [3.8, 4) is 0 Å². The van der Waals surface area contributed by atoms with Gasteiger partial charge in [-0.3, -0.25) is 0 Å². The minimum absolute atomic E-state index is 0.635. The van der Waals surface area contributed by atoms with Crippen molar-refractivity contribution in [2.45, 2.75) is 215 Å². The molecule has 1 rings (SSSR count). The zero-order valence-electron chi connectivity index (χ0n) is 31.9. The van der Waals surface area contributed by atoms with Crippen molar-refractivity contribution in [3.05, 3.63) is 30.3 Å². The van der Waals surface area contributed by atoms with Crippen LogP contribution in [0.4, 0.5) is 0 Å². The molecule has 0 spiro atoms. The van der Waals surface area contributed by atoms with Crippen molar-refractivity contribution in [2.24, 2.45) is 17.8 Å². The van der Waals surface area contributed by atoms with Crippen molar-refractivity contribution in [3.63, 3.8) is 0 Å². The number of rotatable bonds is 32. The molecule has 0 saturated carbocycles. The number of hydrogen-bond donors (Lipinski definition) is 0. The standard InChI is InChI=1S/3C12H25.C6H5O2S.Ti/c3*1-4-5-6-7-8-9-10-11-12(2)3;7-9(8)6-4-2-1-3-5-6;/h3*12H,1,4-11H2,2-3H3;1-5H;. The normalized spacial score (nSPS) is 12.6. The van der Waals surface area contributed by atoms with Crippen LogP contribution in [0.2, 0.25) is 14.2 Å². The average molecular weight is 697 g/mol. The first-order valence-electron chi connectivity index (χ1n) is 20.4. The first-order valence-corrected chi connectivity index (χ1v) is 27.1. The van der Waals surface area contributed by atoms with E-state index in [1.807, 2.05) is 30.3 Å². The monoisotopic (exact) mass is 697 g/mol. The molecule has 0 aliphatic carbocycles. The Morgan fingerprint density at radius 1 is 0.413 bits per heavy atom. The van der Waals surface area contributed by atoms with Crippen LogP contribution in [0.15, 0.2) is 35.2 Å². The molecule has 0 unspecified atom stereocenters. The second-order valence-electron chi connectivity index (χ2n) is 16.2. The van der Waals surface area contributed by atoms with Crippen molar-refractivity contribution in [1.82, 2.24) is 0 Å². The second kappa shape index (κ2) is 27.7. The fourth-order valence-electron chi connectivity index (χ4n) is 7.28. The molecule has 1 aromatic rings. The van der Waals surface area contributed by atoms with Crippen molar-refractivity contribution >= 4 is 7.42 Å². The third-order valence-corrected chi connectivity index (χ3v) is 27.3. The molecule has 0 aliphatic heterocycles. The molecule has 2 nitrogen and oxygen atoms in total. The van der Waals surface area contributed by atoms with E-state index in [1.54, 1.807) is 0 Å². The Labute approximate surface area is 292 Å². The van der Waals surface area contributed by atoms with Gasteiger partial charge in [-0.05, 0) is 0 Å². The number of hydrogen-bond acceptors (Lipinski definition) is 2. The maximum atomic E-state index is 14.6. The van der Waals surface area contributed by atoms with E-state index in [4.69, 9.17) is 0 Å². The molecular weight excluding hydrogens is 616 g/mol. The van der Waals surface area contributed by atoms with Gasteiger partial charge in [0.05, 0.1) is 0 Å². The summed E-state index contributed by atoms with van der Waals surface area (Å²) in [4.78, 5) is 0.635. The van der Waals surface area contributed by atoms with Gasteiger partial charge in [0.15, 0.2) is 0 Å². The predicted molar refractivity (Wildman–Crippen MR) is 203 cm³/mol. The predicted octanol–water partition coefficient (Wildman–Crippen LogP) is 15.1. The SMILES string of the molecule is CC(C)CCCCCCCC[CH2][Ti]([CH2]CCCCCCCCC(C)C)([CH2]CCCCCCCCC(C)C)[S](=O)(=O)c1ccccc1. The van der Waals surface area contributed by atoms with Crippen molar-refractivity contribution in [1.29, 1.82) is 0 Å². The summed E-state index contributed by atoms with van der Waals surface area (Å²) in [7, 11) is -3.21. The van der Waals surface area contributed by atoms with Gasteiger partial charge in [0.25, 0.3) is 0 Å². The van der Waals surface area contributed by atoms with Gasteiger partial charge in [-0.25, -0.2) is 0 Å². The van der Waals surface area contributed by atoms with Crippen LogP contribution in [-0.2, 0) is 22.7 Å². The van der Waals surface area contributed by atoms with Crippen LogP contribution >= 0.6 is 0 Å². The van der Waals surface area contributed by atoms with Gasteiger partial charge in [-0.1, -0.05) is 0 Å². The first-order chi connectivity index (χ1) is 22.1. The third-order valence-electron chi connectivity index (χ3n) is 10.4. The summed E-state index contributed by atoms with van der Waals surface area (Å²) in [5.41, 5.74) is 0. The fourth-order valence-corrected chi connectivity index (χ4v) is 23.0. The van der Waals surface area contributed by atoms with Gasteiger partial charge in [-0.2, -0.15) is 0 Å². The fraction of sp³-hybridized carbons (Fsp3) is 0.857. The van der Waals surface area contributed by atoms with Gasteiger partial charge < -0.3 is 0 Å². The topological polar surface area (TPSA) is 34.1 Å². The molecule has 0 heterocycles. The van der Waals surface area contributed by atoms with E-state index in [-0.39, 0.29) is 0 Å². The summed E-state index contributed by atoms with van der Waals surface area (Å²) in [5, 5.41) is 0. The number of unbranched alkanes of at least 4 members (excludes halogenated alkanes) is 18. The summed E-state index contributed by atoms with van der Waals surface area (Å²) in [6.07, 6.45) is 31.1. The van der Waals surface area contributed by atoms with E-state index in [2.05, 4.69) is 41.5 Å². The Bertz CT molecular complexity index is 844. The van der Waals surface area contributed by atoms with Crippen LogP contribution in [0.3, 0.4) is 0 Å². The van der Waals surface area contributed by atoms with E-state index in [1.165, 1.54) is 135 Å². The van der Waals surface area contributed by atoms with E-state index >= 15 is 0 Å². The summed E-state index contributed by atoms with van der Waals surface area (Å²) >= 11 is -3.26. The summed E-state index contributed by atoms with van der Waals surface area (Å²) in [6, 6.07) is 9.66. The van der Waals surface area contributed by atoms with Gasteiger partial charge in [0.1, 0.15) is 0 Å². The maximum absolute atomic E-state index is 14.6. The third kappa shape index (κ3) is 21.1. The molecule has 0 bridgehead atoms. The van der Waals surface area contributed by atoms with Crippen LogP contribution in [0.5, 0.6) is 0 Å². The van der Waals surface area contributed by atoms with Crippen molar-refractivity contribution < 1.29 is 23.7 Å². The molecule has 0 fully saturated rings. The zero-order chi connectivity index (χ0) is 33.9. The molecule has 4 heteroatoms. The number of benzene rings is 1. The Morgan fingerprint density at radius 2 is 0.674 bits per heavy atom.